The Balaban J connectivity index is 2.23. The van der Waals surface area contributed by atoms with Gasteiger partial charge in [-0.3, -0.25) is 0 Å². The monoisotopic (exact) mass is 241 g/mol. The molecule has 0 bridgehead atoms. The van der Waals surface area contributed by atoms with E-state index < -0.39 is 0 Å². The minimum absolute atomic E-state index is 0.622. The zero-order valence-electron chi connectivity index (χ0n) is 11.3. The molecule has 2 N–H and O–H groups in total. The fourth-order valence-corrected chi connectivity index (χ4v) is 2.56. The Morgan fingerprint density at radius 1 is 0.833 bits per heavy atom. The number of nitrogens with two attached hydrogens (primary N) is 1. The molecule has 0 aliphatic rings. The summed E-state index contributed by atoms with van der Waals surface area (Å²) in [5, 5.41) is 2.71. The second-order valence-corrected chi connectivity index (χ2v) is 4.94. The molecule has 96 valence electrons. The van der Waals surface area contributed by atoms with Gasteiger partial charge < -0.3 is 5.73 Å². The Labute approximate surface area is 110 Å². The highest BCUT2D eigenvalue weighted by Crippen LogP contribution is 2.24. The number of rotatable bonds is 6. The van der Waals surface area contributed by atoms with Gasteiger partial charge in [-0.25, -0.2) is 0 Å². The summed E-state index contributed by atoms with van der Waals surface area (Å²) in [5.41, 5.74) is 8.53. The number of hydrogen-bond acceptors (Lipinski definition) is 1. The van der Waals surface area contributed by atoms with Crippen LogP contribution in [-0.2, 0) is 13.0 Å². The summed E-state index contributed by atoms with van der Waals surface area (Å²) in [7, 11) is 0. The van der Waals surface area contributed by atoms with Gasteiger partial charge in [-0.1, -0.05) is 62.6 Å². The predicted molar refractivity (Wildman–Crippen MR) is 79.7 cm³/mol. The Hall–Kier alpha value is -1.34. The summed E-state index contributed by atoms with van der Waals surface area (Å²) in [5.74, 6) is 0. The van der Waals surface area contributed by atoms with E-state index in [-0.39, 0.29) is 0 Å². The van der Waals surface area contributed by atoms with Crippen molar-refractivity contribution in [3.63, 3.8) is 0 Å². The van der Waals surface area contributed by atoms with Crippen LogP contribution in [0.4, 0.5) is 0 Å². The number of unbranched alkanes of at least 4 members (excludes halogenated alkanes) is 3. The molecule has 0 saturated heterocycles. The first kappa shape index (κ1) is 13.1. The fraction of sp³-hybridized carbons (Fsp3) is 0.412. The maximum atomic E-state index is 5.81. The van der Waals surface area contributed by atoms with Crippen LogP contribution in [0.15, 0.2) is 36.4 Å². The second-order valence-electron chi connectivity index (χ2n) is 4.94. The van der Waals surface area contributed by atoms with Crippen LogP contribution < -0.4 is 5.73 Å². The van der Waals surface area contributed by atoms with Gasteiger partial charge in [0.2, 0.25) is 0 Å². The minimum atomic E-state index is 0.622. The standard InChI is InChI=1S/C17H23N/c1-2-3-4-5-8-14-11-12-15(13-18)17-10-7-6-9-16(14)17/h6-7,9-12H,2-5,8,13,18H2,1H3. The Bertz CT molecular complexity index is 502. The third-order valence-electron chi connectivity index (χ3n) is 3.62. The Kier molecular flexibility index (Phi) is 4.77. The summed E-state index contributed by atoms with van der Waals surface area (Å²) < 4.78 is 0. The van der Waals surface area contributed by atoms with Crippen LogP contribution in [0.2, 0.25) is 0 Å². The van der Waals surface area contributed by atoms with Gasteiger partial charge in [0.1, 0.15) is 0 Å². The summed E-state index contributed by atoms with van der Waals surface area (Å²) >= 11 is 0. The van der Waals surface area contributed by atoms with Gasteiger partial charge in [0.15, 0.2) is 0 Å². The lowest BCUT2D eigenvalue weighted by molar-refractivity contribution is 0.668. The van der Waals surface area contributed by atoms with Gasteiger partial charge in [-0.2, -0.15) is 0 Å². The normalized spacial score (nSPS) is 11.0. The van der Waals surface area contributed by atoms with Gasteiger partial charge in [0, 0.05) is 6.54 Å². The van der Waals surface area contributed by atoms with E-state index >= 15 is 0 Å². The van der Waals surface area contributed by atoms with Gasteiger partial charge in [0.05, 0.1) is 0 Å². The molecule has 0 amide bonds. The van der Waals surface area contributed by atoms with E-state index in [1.54, 1.807) is 0 Å². The van der Waals surface area contributed by atoms with Gasteiger partial charge in [-0.15, -0.1) is 0 Å². The number of benzene rings is 2. The summed E-state index contributed by atoms with van der Waals surface area (Å²) in [6.45, 7) is 2.88. The molecular formula is C17H23N. The Morgan fingerprint density at radius 3 is 2.17 bits per heavy atom. The molecule has 1 heteroatoms. The summed E-state index contributed by atoms with van der Waals surface area (Å²) in [6.07, 6.45) is 6.46. The third kappa shape index (κ3) is 2.91. The average Bonchev–Trinajstić information content (AvgIpc) is 2.43. The van der Waals surface area contributed by atoms with Gasteiger partial charge in [0.25, 0.3) is 0 Å². The second kappa shape index (κ2) is 6.55. The lowest BCUT2D eigenvalue weighted by Gasteiger charge is -2.10. The maximum absolute atomic E-state index is 5.81. The van der Waals surface area contributed by atoms with Crippen molar-refractivity contribution in [1.29, 1.82) is 0 Å². The molecule has 0 aliphatic heterocycles. The quantitative estimate of drug-likeness (QED) is 0.744. The first-order chi connectivity index (χ1) is 8.86. The maximum Gasteiger partial charge on any atom is 0.0184 e. The van der Waals surface area contributed by atoms with Crippen molar-refractivity contribution in [2.45, 2.75) is 45.6 Å². The average molecular weight is 241 g/mol. The molecule has 0 radical (unpaired) electrons. The van der Waals surface area contributed by atoms with Crippen molar-refractivity contribution >= 4 is 10.8 Å². The van der Waals surface area contributed by atoms with Crippen molar-refractivity contribution in [3.05, 3.63) is 47.5 Å². The number of hydrogen-bond donors (Lipinski definition) is 1. The van der Waals surface area contributed by atoms with Crippen molar-refractivity contribution < 1.29 is 0 Å². The molecule has 2 aromatic carbocycles. The van der Waals surface area contributed by atoms with E-state index in [0.717, 1.165) is 0 Å². The van der Waals surface area contributed by atoms with Crippen LogP contribution in [0, 0.1) is 0 Å². The number of fused-ring (bicyclic) bond motifs is 1. The smallest absolute Gasteiger partial charge is 0.0184 e. The SMILES string of the molecule is CCCCCCc1ccc(CN)c2ccccc12. The third-order valence-corrected chi connectivity index (χ3v) is 3.62. The molecule has 0 unspecified atom stereocenters. The van der Waals surface area contributed by atoms with Crippen molar-refractivity contribution in [2.24, 2.45) is 5.73 Å². The molecule has 18 heavy (non-hydrogen) atoms. The first-order valence-corrected chi connectivity index (χ1v) is 7.06. The molecule has 2 aromatic rings. The molecule has 0 spiro atoms. The van der Waals surface area contributed by atoms with E-state index in [1.165, 1.54) is 54.0 Å². The van der Waals surface area contributed by atoms with E-state index in [0.29, 0.717) is 6.54 Å². The van der Waals surface area contributed by atoms with Gasteiger partial charge >= 0.3 is 0 Å². The van der Waals surface area contributed by atoms with Crippen molar-refractivity contribution in [3.8, 4) is 0 Å². The van der Waals surface area contributed by atoms with E-state index in [4.69, 9.17) is 5.73 Å². The molecular weight excluding hydrogens is 218 g/mol. The molecule has 0 saturated carbocycles. The highest BCUT2D eigenvalue weighted by Gasteiger charge is 2.04. The van der Waals surface area contributed by atoms with E-state index in [9.17, 15) is 0 Å². The number of aryl methyl sites for hydroxylation is 1. The molecule has 0 aliphatic carbocycles. The van der Waals surface area contributed by atoms with Crippen molar-refractivity contribution in [1.82, 2.24) is 0 Å². The topological polar surface area (TPSA) is 26.0 Å². The molecule has 2 rings (SSSR count). The zero-order valence-corrected chi connectivity index (χ0v) is 11.3. The highest BCUT2D eigenvalue weighted by atomic mass is 14.5. The minimum Gasteiger partial charge on any atom is -0.326 e. The van der Waals surface area contributed by atoms with Crippen LogP contribution in [0.3, 0.4) is 0 Å². The lowest BCUT2D eigenvalue weighted by atomic mass is 9.96. The zero-order chi connectivity index (χ0) is 12.8. The fourth-order valence-electron chi connectivity index (χ4n) is 2.56. The first-order valence-electron chi connectivity index (χ1n) is 7.06. The largest absolute Gasteiger partial charge is 0.326 e. The molecule has 0 heterocycles. The van der Waals surface area contributed by atoms with Crippen LogP contribution in [0.25, 0.3) is 10.8 Å². The lowest BCUT2D eigenvalue weighted by Crippen LogP contribution is -1.99. The molecule has 0 aromatic heterocycles. The van der Waals surface area contributed by atoms with Crippen LogP contribution in [0.5, 0.6) is 0 Å². The van der Waals surface area contributed by atoms with Crippen LogP contribution >= 0.6 is 0 Å². The summed E-state index contributed by atoms with van der Waals surface area (Å²) in [6, 6.07) is 13.1. The van der Waals surface area contributed by atoms with Gasteiger partial charge in [-0.05, 0) is 34.7 Å². The van der Waals surface area contributed by atoms with Crippen molar-refractivity contribution in [2.75, 3.05) is 0 Å². The van der Waals surface area contributed by atoms with E-state index in [1.807, 2.05) is 0 Å². The summed E-state index contributed by atoms with van der Waals surface area (Å²) in [4.78, 5) is 0. The highest BCUT2D eigenvalue weighted by molar-refractivity contribution is 5.88. The Morgan fingerprint density at radius 2 is 1.50 bits per heavy atom. The molecule has 0 fully saturated rings. The predicted octanol–water partition coefficient (Wildman–Crippen LogP) is 4.42. The van der Waals surface area contributed by atoms with Crippen LogP contribution in [0.1, 0.15) is 43.7 Å². The van der Waals surface area contributed by atoms with E-state index in [2.05, 4.69) is 43.3 Å². The molecule has 1 nitrogen and oxygen atoms in total. The van der Waals surface area contributed by atoms with Crippen LogP contribution in [-0.4, -0.2) is 0 Å². The molecule has 0 atom stereocenters.